The number of ether oxygens (including phenoxy) is 2. The molecule has 1 aliphatic carbocycles. The summed E-state index contributed by atoms with van der Waals surface area (Å²) >= 11 is 0. The van der Waals surface area contributed by atoms with E-state index in [-0.39, 0.29) is 24.7 Å². The second-order valence-corrected chi connectivity index (χ2v) is 13.1. The molecule has 0 radical (unpaired) electrons. The van der Waals surface area contributed by atoms with E-state index >= 15 is 0 Å². The summed E-state index contributed by atoms with van der Waals surface area (Å²) < 4.78 is 14.6. The van der Waals surface area contributed by atoms with E-state index in [1.54, 1.807) is 33.9 Å². The van der Waals surface area contributed by atoms with Crippen LogP contribution in [0, 0.1) is 5.92 Å². The minimum absolute atomic E-state index is 0.188. The monoisotopic (exact) mass is 588 g/mol. The van der Waals surface area contributed by atoms with Crippen molar-refractivity contribution in [1.29, 1.82) is 0 Å². The van der Waals surface area contributed by atoms with Crippen molar-refractivity contribution in [1.82, 2.24) is 29.4 Å². The topological polar surface area (TPSA) is 120 Å². The molecular formula is C32H40N6O5. The highest BCUT2D eigenvalue weighted by atomic mass is 16.6. The minimum Gasteiger partial charge on any atom is -0.444 e. The van der Waals surface area contributed by atoms with Gasteiger partial charge in [0.15, 0.2) is 5.65 Å². The van der Waals surface area contributed by atoms with Crippen LogP contribution in [0.25, 0.3) is 16.6 Å². The summed E-state index contributed by atoms with van der Waals surface area (Å²) in [5, 5.41) is 7.87. The standard InChI is InChI=1S/C32H40N6O5/c1-31(2,3)42-29(40)36(18-21-9-7-10-21)19-24-16-23-13-12-22(15-26(23)38(24)30(41)43-32(4,5)6)17-33-28(39)25-20-37-27(35-25)11-8-14-34-37/h8,11-16,20-21H,7,9-10,17-19H2,1-6H3,(H,33,39). The average Bonchev–Trinajstić information content (AvgIpc) is 3.47. The Bertz CT molecular complexity index is 1620. The van der Waals surface area contributed by atoms with Crippen molar-refractivity contribution in [3.8, 4) is 0 Å². The molecule has 1 aromatic carbocycles. The summed E-state index contributed by atoms with van der Waals surface area (Å²) in [6.07, 6.45) is 5.53. The molecule has 1 saturated carbocycles. The van der Waals surface area contributed by atoms with Crippen LogP contribution in [0.1, 0.15) is 82.6 Å². The molecule has 1 aliphatic rings. The summed E-state index contributed by atoms with van der Waals surface area (Å²) in [4.78, 5) is 45.7. The van der Waals surface area contributed by atoms with Gasteiger partial charge in [-0.05, 0) is 90.1 Å². The third-order valence-corrected chi connectivity index (χ3v) is 7.15. The van der Waals surface area contributed by atoms with Gasteiger partial charge in [0.05, 0.1) is 18.3 Å². The Morgan fingerprint density at radius 2 is 1.77 bits per heavy atom. The van der Waals surface area contributed by atoms with Gasteiger partial charge in [0.25, 0.3) is 5.91 Å². The van der Waals surface area contributed by atoms with E-state index in [1.807, 2.05) is 65.8 Å². The molecule has 4 aromatic rings. The third-order valence-electron chi connectivity index (χ3n) is 7.15. The molecule has 0 bridgehead atoms. The lowest BCUT2D eigenvalue weighted by molar-refractivity contribution is 0.0163. The van der Waals surface area contributed by atoms with Crippen LogP contribution >= 0.6 is 0 Å². The van der Waals surface area contributed by atoms with E-state index in [0.29, 0.717) is 29.3 Å². The molecule has 11 nitrogen and oxygen atoms in total. The Morgan fingerprint density at radius 1 is 1.02 bits per heavy atom. The second-order valence-electron chi connectivity index (χ2n) is 13.1. The number of imidazole rings is 1. The van der Waals surface area contributed by atoms with Gasteiger partial charge in [0.2, 0.25) is 0 Å². The maximum absolute atomic E-state index is 13.6. The lowest BCUT2D eigenvalue weighted by Gasteiger charge is -2.33. The first kappa shape index (κ1) is 30.1. The molecule has 0 saturated heterocycles. The SMILES string of the molecule is CC(C)(C)OC(=O)N(Cc1cc2ccc(CNC(=O)c3cn4ncccc4n3)cc2n1C(=O)OC(C)(C)C)CC1CCC1. The summed E-state index contributed by atoms with van der Waals surface area (Å²) in [5.41, 5.74) is 1.49. The van der Waals surface area contributed by atoms with Crippen molar-refractivity contribution in [2.45, 2.75) is 85.1 Å². The fraction of sp³-hybridized carbons (Fsp3) is 0.469. The third kappa shape index (κ3) is 7.33. The highest BCUT2D eigenvalue weighted by molar-refractivity contribution is 5.93. The van der Waals surface area contributed by atoms with Gasteiger partial charge in [-0.2, -0.15) is 5.10 Å². The van der Waals surface area contributed by atoms with Crippen molar-refractivity contribution in [2.75, 3.05) is 6.54 Å². The number of benzene rings is 1. The Hall–Kier alpha value is -4.41. The van der Waals surface area contributed by atoms with Gasteiger partial charge >= 0.3 is 12.2 Å². The summed E-state index contributed by atoms with van der Waals surface area (Å²) in [7, 11) is 0. The van der Waals surface area contributed by atoms with Gasteiger partial charge < -0.3 is 19.7 Å². The molecule has 0 unspecified atom stereocenters. The van der Waals surface area contributed by atoms with E-state index in [2.05, 4.69) is 15.4 Å². The first-order chi connectivity index (χ1) is 20.3. The van der Waals surface area contributed by atoms with Crippen LogP contribution < -0.4 is 5.32 Å². The van der Waals surface area contributed by atoms with Gasteiger partial charge in [-0.3, -0.25) is 4.79 Å². The van der Waals surface area contributed by atoms with E-state index in [0.717, 1.165) is 30.2 Å². The maximum Gasteiger partial charge on any atom is 0.419 e. The Morgan fingerprint density at radius 3 is 2.42 bits per heavy atom. The van der Waals surface area contributed by atoms with Gasteiger partial charge in [-0.15, -0.1) is 0 Å². The normalized spacial score (nSPS) is 14.0. The number of carbonyl (C=O) groups is 3. The molecule has 0 atom stereocenters. The number of amides is 2. The smallest absolute Gasteiger partial charge is 0.419 e. The predicted molar refractivity (Wildman–Crippen MR) is 162 cm³/mol. The van der Waals surface area contributed by atoms with E-state index < -0.39 is 23.4 Å². The van der Waals surface area contributed by atoms with Crippen LogP contribution in [0.15, 0.2) is 48.8 Å². The van der Waals surface area contributed by atoms with Crippen molar-refractivity contribution < 1.29 is 23.9 Å². The van der Waals surface area contributed by atoms with Crippen molar-refractivity contribution in [3.63, 3.8) is 0 Å². The number of rotatable bonds is 7. The Kier molecular flexibility index (Phi) is 8.18. The van der Waals surface area contributed by atoms with E-state index in [1.165, 1.54) is 4.57 Å². The molecular weight excluding hydrogens is 548 g/mol. The fourth-order valence-corrected chi connectivity index (χ4v) is 4.98. The quantitative estimate of drug-likeness (QED) is 0.284. The molecule has 43 heavy (non-hydrogen) atoms. The van der Waals surface area contributed by atoms with Crippen LogP contribution in [0.3, 0.4) is 0 Å². The van der Waals surface area contributed by atoms with E-state index in [4.69, 9.17) is 9.47 Å². The van der Waals surface area contributed by atoms with Crippen LogP contribution in [-0.2, 0) is 22.6 Å². The number of fused-ring (bicyclic) bond motifs is 2. The Balaban J connectivity index is 1.43. The van der Waals surface area contributed by atoms with Crippen LogP contribution in [0.4, 0.5) is 9.59 Å². The van der Waals surface area contributed by atoms with Crippen molar-refractivity contribution >= 4 is 34.6 Å². The molecule has 1 N–H and O–H groups in total. The second kappa shape index (κ2) is 11.7. The number of carbonyl (C=O) groups excluding carboxylic acids is 3. The molecule has 0 spiro atoms. The predicted octanol–water partition coefficient (Wildman–Crippen LogP) is 5.93. The highest BCUT2D eigenvalue weighted by Gasteiger charge is 2.30. The lowest BCUT2D eigenvalue weighted by atomic mass is 9.85. The first-order valence-electron chi connectivity index (χ1n) is 14.7. The number of hydrogen-bond acceptors (Lipinski definition) is 7. The van der Waals surface area contributed by atoms with Gasteiger partial charge in [-0.1, -0.05) is 18.6 Å². The summed E-state index contributed by atoms with van der Waals surface area (Å²) in [6, 6.07) is 11.1. The first-order valence-corrected chi connectivity index (χ1v) is 14.7. The van der Waals surface area contributed by atoms with Crippen molar-refractivity contribution in [3.05, 3.63) is 65.7 Å². The number of nitrogens with one attached hydrogen (secondary N) is 1. The zero-order chi connectivity index (χ0) is 30.9. The lowest BCUT2D eigenvalue weighted by Crippen LogP contribution is -2.41. The number of nitrogens with zero attached hydrogens (tertiary/aromatic N) is 5. The average molecular weight is 589 g/mol. The molecule has 2 amide bonds. The largest absolute Gasteiger partial charge is 0.444 e. The van der Waals surface area contributed by atoms with E-state index in [9.17, 15) is 14.4 Å². The van der Waals surface area contributed by atoms with Crippen LogP contribution in [0.5, 0.6) is 0 Å². The highest BCUT2D eigenvalue weighted by Crippen LogP contribution is 2.30. The molecule has 5 rings (SSSR count). The van der Waals surface area contributed by atoms with Crippen LogP contribution in [0.2, 0.25) is 0 Å². The zero-order valence-electron chi connectivity index (χ0n) is 25.7. The van der Waals surface area contributed by atoms with Gasteiger partial charge in [0.1, 0.15) is 16.9 Å². The molecule has 0 aliphatic heterocycles. The molecule has 1 fully saturated rings. The molecule has 11 heteroatoms. The van der Waals surface area contributed by atoms with Gasteiger partial charge in [0, 0.05) is 30.4 Å². The molecule has 228 valence electrons. The fourth-order valence-electron chi connectivity index (χ4n) is 4.98. The molecule has 3 aromatic heterocycles. The zero-order valence-corrected chi connectivity index (χ0v) is 25.7. The maximum atomic E-state index is 13.6. The summed E-state index contributed by atoms with van der Waals surface area (Å²) in [5.74, 6) is 0.0728. The number of hydrogen-bond donors (Lipinski definition) is 1. The minimum atomic E-state index is -0.726. The summed E-state index contributed by atoms with van der Waals surface area (Å²) in [6.45, 7) is 11.9. The number of aromatic nitrogens is 4. The van der Waals surface area contributed by atoms with Gasteiger partial charge in [-0.25, -0.2) is 23.7 Å². The molecule has 3 heterocycles. The van der Waals surface area contributed by atoms with Crippen molar-refractivity contribution in [2.24, 2.45) is 5.92 Å². The van der Waals surface area contributed by atoms with Crippen LogP contribution in [-0.4, -0.2) is 59.9 Å². The Labute approximate surface area is 251 Å².